The molecule has 0 aliphatic carbocycles. The molecule has 8 heteroatoms. The summed E-state index contributed by atoms with van der Waals surface area (Å²) in [6.45, 7) is 1.33. The van der Waals surface area contributed by atoms with Gasteiger partial charge in [0.1, 0.15) is 6.04 Å². The lowest BCUT2D eigenvalue weighted by Crippen LogP contribution is -2.46. The molecule has 1 aliphatic heterocycles. The van der Waals surface area contributed by atoms with Gasteiger partial charge in [-0.25, -0.2) is 4.79 Å². The lowest BCUT2D eigenvalue weighted by molar-refractivity contribution is -0.135. The summed E-state index contributed by atoms with van der Waals surface area (Å²) in [5.41, 5.74) is -1.64. The Balaban J connectivity index is 2.56. The number of piperidine rings is 1. The first kappa shape index (κ1) is 12.1. The van der Waals surface area contributed by atoms with Crippen molar-refractivity contribution < 1.29 is 14.7 Å². The molecule has 8 nitrogen and oxygen atoms in total. The minimum Gasteiger partial charge on any atom is -0.494 e. The second-order valence-corrected chi connectivity index (χ2v) is 4.04. The van der Waals surface area contributed by atoms with Gasteiger partial charge in [0.15, 0.2) is 0 Å². The second-order valence-electron chi connectivity index (χ2n) is 4.04. The largest absolute Gasteiger partial charge is 0.494 e. The molecule has 1 atom stereocenters. The monoisotopic (exact) mass is 253 g/mol. The van der Waals surface area contributed by atoms with Gasteiger partial charge >= 0.3 is 5.69 Å². The van der Waals surface area contributed by atoms with Crippen LogP contribution in [0.2, 0.25) is 0 Å². The van der Waals surface area contributed by atoms with Crippen molar-refractivity contribution in [1.29, 1.82) is 0 Å². The van der Waals surface area contributed by atoms with E-state index in [2.05, 4.69) is 5.32 Å². The highest BCUT2D eigenvalue weighted by atomic mass is 16.3. The molecule has 2 rings (SSSR count). The summed E-state index contributed by atoms with van der Waals surface area (Å²) in [6, 6.07) is -0.995. The van der Waals surface area contributed by atoms with Crippen LogP contribution in [0.4, 0.5) is 0 Å². The molecule has 0 spiro atoms. The van der Waals surface area contributed by atoms with Gasteiger partial charge in [0.05, 0.1) is 5.56 Å². The van der Waals surface area contributed by atoms with E-state index in [0.29, 0.717) is 0 Å². The molecule has 1 saturated heterocycles. The van der Waals surface area contributed by atoms with Crippen molar-refractivity contribution in [3.8, 4) is 5.88 Å². The molecule has 1 aliphatic rings. The number of amides is 2. The fourth-order valence-corrected chi connectivity index (χ4v) is 1.85. The van der Waals surface area contributed by atoms with Crippen molar-refractivity contribution in [3.05, 3.63) is 26.4 Å². The summed E-state index contributed by atoms with van der Waals surface area (Å²) < 4.78 is 0.790. The molecule has 0 aromatic carbocycles. The molecule has 2 heterocycles. The molecule has 1 aromatic heterocycles. The smallest absolute Gasteiger partial charge is 0.331 e. The highest BCUT2D eigenvalue weighted by molar-refractivity contribution is 5.99. The Morgan fingerprint density at radius 2 is 1.94 bits per heavy atom. The van der Waals surface area contributed by atoms with Gasteiger partial charge in [-0.15, -0.1) is 0 Å². The third-order valence-electron chi connectivity index (χ3n) is 2.87. The molecule has 0 bridgehead atoms. The zero-order chi connectivity index (χ0) is 13.4. The van der Waals surface area contributed by atoms with Crippen LogP contribution in [0.25, 0.3) is 0 Å². The molecule has 1 unspecified atom stereocenters. The van der Waals surface area contributed by atoms with Crippen molar-refractivity contribution in [1.82, 2.24) is 14.9 Å². The first-order chi connectivity index (χ1) is 8.41. The Morgan fingerprint density at radius 3 is 2.56 bits per heavy atom. The standard InChI is InChI=1S/C10H11N3O5/c1-4-7(15)12-10(18)13(9(4)17)5-2-3-6(14)11-8(5)16/h5,17H,2-3H2,1H3,(H,11,14,16)(H,12,15,18). The lowest BCUT2D eigenvalue weighted by Gasteiger charge is -2.23. The van der Waals surface area contributed by atoms with E-state index in [4.69, 9.17) is 0 Å². The highest BCUT2D eigenvalue weighted by Gasteiger charge is 2.31. The Bertz CT molecular complexity index is 642. The van der Waals surface area contributed by atoms with Gasteiger partial charge in [0.25, 0.3) is 5.56 Å². The average Bonchev–Trinajstić information content (AvgIpc) is 2.29. The van der Waals surface area contributed by atoms with Crippen LogP contribution in [0.15, 0.2) is 9.59 Å². The summed E-state index contributed by atoms with van der Waals surface area (Å²) in [5.74, 6) is -1.65. The zero-order valence-corrected chi connectivity index (χ0v) is 9.52. The van der Waals surface area contributed by atoms with Crippen LogP contribution in [-0.2, 0) is 9.59 Å². The molecular formula is C10H11N3O5. The number of carbonyl (C=O) groups excluding carboxylic acids is 2. The van der Waals surface area contributed by atoms with Crippen molar-refractivity contribution >= 4 is 11.8 Å². The van der Waals surface area contributed by atoms with E-state index < -0.39 is 35.0 Å². The van der Waals surface area contributed by atoms with Gasteiger partial charge in [-0.1, -0.05) is 0 Å². The van der Waals surface area contributed by atoms with Crippen LogP contribution in [0, 0.1) is 6.92 Å². The van der Waals surface area contributed by atoms with E-state index in [1.54, 1.807) is 0 Å². The quantitative estimate of drug-likeness (QED) is 0.527. The van der Waals surface area contributed by atoms with E-state index in [1.807, 2.05) is 4.98 Å². The normalized spacial score (nSPS) is 19.7. The molecule has 1 aromatic rings. The molecule has 3 N–H and O–H groups in total. The average molecular weight is 253 g/mol. The van der Waals surface area contributed by atoms with Crippen LogP contribution in [-0.4, -0.2) is 26.5 Å². The third kappa shape index (κ3) is 1.81. The van der Waals surface area contributed by atoms with Crippen molar-refractivity contribution in [2.24, 2.45) is 0 Å². The van der Waals surface area contributed by atoms with Gasteiger partial charge in [0, 0.05) is 6.42 Å². The van der Waals surface area contributed by atoms with Gasteiger partial charge in [-0.05, 0) is 13.3 Å². The maximum atomic E-state index is 11.6. The predicted molar refractivity (Wildman–Crippen MR) is 59.1 cm³/mol. The fraction of sp³-hybridized carbons (Fsp3) is 0.400. The lowest BCUT2D eigenvalue weighted by atomic mass is 10.1. The number of nitrogens with one attached hydrogen (secondary N) is 2. The molecule has 2 amide bonds. The van der Waals surface area contributed by atoms with Crippen LogP contribution >= 0.6 is 0 Å². The van der Waals surface area contributed by atoms with Crippen LogP contribution in [0.5, 0.6) is 5.88 Å². The number of carbonyl (C=O) groups is 2. The van der Waals surface area contributed by atoms with E-state index in [9.17, 15) is 24.3 Å². The number of aromatic hydroxyl groups is 1. The van der Waals surface area contributed by atoms with Crippen LogP contribution < -0.4 is 16.6 Å². The van der Waals surface area contributed by atoms with E-state index in [-0.39, 0.29) is 18.4 Å². The van der Waals surface area contributed by atoms with Crippen molar-refractivity contribution in [3.63, 3.8) is 0 Å². The van der Waals surface area contributed by atoms with Gasteiger partial charge in [0.2, 0.25) is 17.7 Å². The Kier molecular flexibility index (Phi) is 2.77. The van der Waals surface area contributed by atoms with Gasteiger partial charge in [-0.3, -0.25) is 29.3 Å². The number of aromatic nitrogens is 2. The SMILES string of the molecule is Cc1c(O)n(C2CCC(=O)NC2=O)c(=O)[nH]c1=O. The Hall–Kier alpha value is -2.38. The second kappa shape index (κ2) is 4.13. The molecule has 1 fully saturated rings. The van der Waals surface area contributed by atoms with Gasteiger partial charge in [-0.2, -0.15) is 0 Å². The third-order valence-corrected chi connectivity index (χ3v) is 2.87. The van der Waals surface area contributed by atoms with E-state index in [0.717, 1.165) is 4.57 Å². The fourth-order valence-electron chi connectivity index (χ4n) is 1.85. The van der Waals surface area contributed by atoms with E-state index >= 15 is 0 Å². The maximum Gasteiger partial charge on any atom is 0.331 e. The number of hydrogen-bond acceptors (Lipinski definition) is 5. The summed E-state index contributed by atoms with van der Waals surface area (Å²) >= 11 is 0. The maximum absolute atomic E-state index is 11.6. The molecule has 18 heavy (non-hydrogen) atoms. The summed E-state index contributed by atoms with van der Waals surface area (Å²) in [4.78, 5) is 47.5. The number of imide groups is 1. The minimum atomic E-state index is -0.995. The summed E-state index contributed by atoms with van der Waals surface area (Å²) in [5, 5.41) is 11.8. The zero-order valence-electron chi connectivity index (χ0n) is 9.52. The first-order valence-electron chi connectivity index (χ1n) is 5.30. The summed E-state index contributed by atoms with van der Waals surface area (Å²) in [6.07, 6.45) is 0.171. The van der Waals surface area contributed by atoms with E-state index in [1.165, 1.54) is 6.92 Å². The van der Waals surface area contributed by atoms with Crippen molar-refractivity contribution in [2.75, 3.05) is 0 Å². The number of aromatic amines is 1. The van der Waals surface area contributed by atoms with Crippen molar-refractivity contribution in [2.45, 2.75) is 25.8 Å². The topological polar surface area (TPSA) is 121 Å². The first-order valence-corrected chi connectivity index (χ1v) is 5.30. The highest BCUT2D eigenvalue weighted by Crippen LogP contribution is 2.21. The van der Waals surface area contributed by atoms with Crippen LogP contribution in [0.3, 0.4) is 0 Å². The van der Waals surface area contributed by atoms with Crippen LogP contribution in [0.1, 0.15) is 24.4 Å². The molecule has 96 valence electrons. The Morgan fingerprint density at radius 1 is 1.28 bits per heavy atom. The van der Waals surface area contributed by atoms with Gasteiger partial charge < -0.3 is 5.11 Å². The Labute approximate surface area is 100 Å². The number of hydrogen-bond donors (Lipinski definition) is 3. The predicted octanol–water partition coefficient (Wildman–Crippen LogP) is -1.47. The molecular weight excluding hydrogens is 242 g/mol. The molecule has 0 radical (unpaired) electrons. The molecule has 0 saturated carbocycles. The number of nitrogens with zero attached hydrogens (tertiary/aromatic N) is 1. The number of rotatable bonds is 1. The summed E-state index contributed by atoms with van der Waals surface area (Å²) in [7, 11) is 0. The number of H-pyrrole nitrogens is 1. The minimum absolute atomic E-state index is 0.0562.